The summed E-state index contributed by atoms with van der Waals surface area (Å²) in [6, 6.07) is 9.66. The highest BCUT2D eigenvalue weighted by molar-refractivity contribution is 6.30. The lowest BCUT2D eigenvalue weighted by Gasteiger charge is -2.11. The Kier molecular flexibility index (Phi) is 4.25. The third-order valence-electron chi connectivity index (χ3n) is 3.34. The molecule has 0 atom stereocenters. The Labute approximate surface area is 129 Å². The molecule has 0 saturated heterocycles. The van der Waals surface area contributed by atoms with Gasteiger partial charge in [-0.15, -0.1) is 0 Å². The first-order valence-electron chi connectivity index (χ1n) is 7.08. The monoisotopic (exact) mass is 304 g/mol. The third kappa shape index (κ3) is 3.64. The molecule has 1 fully saturated rings. The van der Waals surface area contributed by atoms with Gasteiger partial charge in [0.05, 0.1) is 0 Å². The molecule has 0 bridgehead atoms. The quantitative estimate of drug-likeness (QED) is 0.602. The third-order valence-corrected chi connectivity index (χ3v) is 3.70. The van der Waals surface area contributed by atoms with Gasteiger partial charge in [-0.25, -0.2) is 4.98 Å². The minimum absolute atomic E-state index is 0.424. The van der Waals surface area contributed by atoms with E-state index in [0.717, 1.165) is 30.0 Å². The number of para-hydroxylation sites is 1. The molecule has 3 rings (SSSR count). The van der Waals surface area contributed by atoms with E-state index in [-0.39, 0.29) is 0 Å². The Morgan fingerprint density at radius 1 is 1.10 bits per heavy atom. The number of benzene rings is 1. The van der Waals surface area contributed by atoms with Crippen LogP contribution in [0.4, 0.5) is 0 Å². The van der Waals surface area contributed by atoms with Crippen molar-refractivity contribution in [1.29, 1.82) is 0 Å². The first-order valence-corrected chi connectivity index (χ1v) is 7.46. The topological polar surface area (TPSA) is 44.2 Å². The normalized spacial score (nSPS) is 14.0. The largest absolute Gasteiger partial charge is 0.490 e. The van der Waals surface area contributed by atoms with E-state index in [4.69, 9.17) is 21.1 Å². The van der Waals surface area contributed by atoms with Gasteiger partial charge in [-0.05, 0) is 31.9 Å². The summed E-state index contributed by atoms with van der Waals surface area (Å²) < 4.78 is 11.3. The van der Waals surface area contributed by atoms with Gasteiger partial charge in [0.25, 0.3) is 0 Å². The predicted octanol–water partition coefficient (Wildman–Crippen LogP) is 3.77. The Balaban J connectivity index is 1.57. The van der Waals surface area contributed by atoms with Crippen molar-refractivity contribution in [3.8, 4) is 11.6 Å². The van der Waals surface area contributed by atoms with Crippen LogP contribution in [-0.2, 0) is 0 Å². The maximum absolute atomic E-state index is 6.14. The minimum atomic E-state index is 0.424. The van der Waals surface area contributed by atoms with Crippen LogP contribution in [0, 0.1) is 6.92 Å². The number of halogens is 1. The van der Waals surface area contributed by atoms with Crippen molar-refractivity contribution >= 4 is 11.6 Å². The fourth-order valence-corrected chi connectivity index (χ4v) is 2.13. The fourth-order valence-electron chi connectivity index (χ4n) is 1.96. The molecule has 1 aliphatic rings. The van der Waals surface area contributed by atoms with Crippen LogP contribution in [0.15, 0.2) is 30.3 Å². The summed E-state index contributed by atoms with van der Waals surface area (Å²) in [7, 11) is 0. The average Bonchev–Trinajstić information content (AvgIpc) is 3.33. The van der Waals surface area contributed by atoms with Gasteiger partial charge < -0.3 is 9.47 Å². The molecule has 1 heterocycles. The zero-order valence-corrected chi connectivity index (χ0v) is 12.6. The molecule has 0 spiro atoms. The SMILES string of the molecule is Cc1c(Cl)nc(C2CC2)nc1OCCOc1ccccc1. The van der Waals surface area contributed by atoms with E-state index in [1.807, 2.05) is 37.3 Å². The van der Waals surface area contributed by atoms with Crippen LogP contribution >= 0.6 is 11.6 Å². The maximum atomic E-state index is 6.14. The maximum Gasteiger partial charge on any atom is 0.221 e. The van der Waals surface area contributed by atoms with Gasteiger partial charge in [-0.2, -0.15) is 4.98 Å². The number of nitrogens with zero attached hydrogens (tertiary/aromatic N) is 2. The molecular formula is C16H17ClN2O2. The molecule has 1 saturated carbocycles. The smallest absolute Gasteiger partial charge is 0.221 e. The molecule has 0 radical (unpaired) electrons. The van der Waals surface area contributed by atoms with E-state index < -0.39 is 0 Å². The summed E-state index contributed by atoms with van der Waals surface area (Å²) in [4.78, 5) is 8.78. The second kappa shape index (κ2) is 6.31. The number of aromatic nitrogens is 2. The van der Waals surface area contributed by atoms with Crippen molar-refractivity contribution in [2.45, 2.75) is 25.7 Å². The van der Waals surface area contributed by atoms with Crippen LogP contribution < -0.4 is 9.47 Å². The average molecular weight is 305 g/mol. The van der Waals surface area contributed by atoms with Crippen LogP contribution in [0.25, 0.3) is 0 Å². The van der Waals surface area contributed by atoms with Gasteiger partial charge in [0.2, 0.25) is 5.88 Å². The molecule has 0 amide bonds. The molecule has 2 aromatic rings. The number of hydrogen-bond acceptors (Lipinski definition) is 4. The van der Waals surface area contributed by atoms with E-state index >= 15 is 0 Å². The van der Waals surface area contributed by atoms with Crippen molar-refractivity contribution in [2.24, 2.45) is 0 Å². The van der Waals surface area contributed by atoms with Crippen molar-refractivity contribution in [3.05, 3.63) is 46.9 Å². The van der Waals surface area contributed by atoms with Gasteiger partial charge in [0.15, 0.2) is 0 Å². The lowest BCUT2D eigenvalue weighted by atomic mass is 10.3. The second-order valence-electron chi connectivity index (χ2n) is 5.09. The van der Waals surface area contributed by atoms with Crippen LogP contribution in [0.5, 0.6) is 11.6 Å². The molecule has 4 nitrogen and oxygen atoms in total. The van der Waals surface area contributed by atoms with E-state index in [9.17, 15) is 0 Å². The fraction of sp³-hybridized carbons (Fsp3) is 0.375. The Morgan fingerprint density at radius 3 is 2.52 bits per heavy atom. The molecule has 1 aromatic heterocycles. The number of rotatable bonds is 6. The van der Waals surface area contributed by atoms with Gasteiger partial charge in [-0.3, -0.25) is 0 Å². The molecule has 0 N–H and O–H groups in total. The molecule has 5 heteroatoms. The molecule has 21 heavy (non-hydrogen) atoms. The minimum Gasteiger partial charge on any atom is -0.490 e. The predicted molar refractivity (Wildman–Crippen MR) is 81.2 cm³/mol. The highest BCUT2D eigenvalue weighted by Gasteiger charge is 2.28. The first kappa shape index (κ1) is 14.1. The molecule has 110 valence electrons. The molecule has 0 aliphatic heterocycles. The summed E-state index contributed by atoms with van der Waals surface area (Å²) >= 11 is 6.14. The van der Waals surface area contributed by atoms with Crippen LogP contribution in [0.2, 0.25) is 5.15 Å². The summed E-state index contributed by atoms with van der Waals surface area (Å²) in [5.74, 6) is 2.64. The summed E-state index contributed by atoms with van der Waals surface area (Å²) in [5.41, 5.74) is 0.778. The number of hydrogen-bond donors (Lipinski definition) is 0. The molecule has 1 aromatic carbocycles. The van der Waals surface area contributed by atoms with E-state index in [1.54, 1.807) is 0 Å². The van der Waals surface area contributed by atoms with Gasteiger partial charge in [-0.1, -0.05) is 29.8 Å². The highest BCUT2D eigenvalue weighted by atomic mass is 35.5. The first-order chi connectivity index (χ1) is 10.2. The van der Waals surface area contributed by atoms with Crippen LogP contribution in [-0.4, -0.2) is 23.2 Å². The summed E-state index contributed by atoms with van der Waals surface area (Å²) in [6.07, 6.45) is 2.27. The van der Waals surface area contributed by atoms with Gasteiger partial charge >= 0.3 is 0 Å². The van der Waals surface area contributed by atoms with Crippen molar-refractivity contribution in [1.82, 2.24) is 9.97 Å². The Hall–Kier alpha value is -1.81. The summed E-state index contributed by atoms with van der Waals surface area (Å²) in [5, 5.41) is 0.478. The van der Waals surface area contributed by atoms with E-state index in [0.29, 0.717) is 30.2 Å². The van der Waals surface area contributed by atoms with E-state index in [1.165, 1.54) is 0 Å². The molecule has 0 unspecified atom stereocenters. The lowest BCUT2D eigenvalue weighted by molar-refractivity contribution is 0.210. The lowest BCUT2D eigenvalue weighted by Crippen LogP contribution is -2.11. The zero-order chi connectivity index (χ0) is 14.7. The van der Waals surface area contributed by atoms with Crippen LogP contribution in [0.3, 0.4) is 0 Å². The molecular weight excluding hydrogens is 288 g/mol. The highest BCUT2D eigenvalue weighted by Crippen LogP contribution is 2.39. The van der Waals surface area contributed by atoms with Crippen molar-refractivity contribution < 1.29 is 9.47 Å². The Morgan fingerprint density at radius 2 is 1.81 bits per heavy atom. The number of ether oxygens (including phenoxy) is 2. The van der Waals surface area contributed by atoms with Gasteiger partial charge in [0.1, 0.15) is 29.9 Å². The van der Waals surface area contributed by atoms with Crippen molar-refractivity contribution in [2.75, 3.05) is 13.2 Å². The van der Waals surface area contributed by atoms with Gasteiger partial charge in [0, 0.05) is 11.5 Å². The standard InChI is InChI=1S/C16H17ClN2O2/c1-11-14(17)18-15(12-7-8-12)19-16(11)21-10-9-20-13-5-3-2-4-6-13/h2-6,12H,7-10H2,1H3. The van der Waals surface area contributed by atoms with Crippen molar-refractivity contribution in [3.63, 3.8) is 0 Å². The molecule has 1 aliphatic carbocycles. The van der Waals surface area contributed by atoms with Crippen LogP contribution in [0.1, 0.15) is 30.1 Å². The second-order valence-corrected chi connectivity index (χ2v) is 5.45. The zero-order valence-electron chi connectivity index (χ0n) is 11.9. The summed E-state index contributed by atoms with van der Waals surface area (Å²) in [6.45, 7) is 2.75. The van der Waals surface area contributed by atoms with E-state index in [2.05, 4.69) is 9.97 Å². The Bertz CT molecular complexity index is 615.